The van der Waals surface area contributed by atoms with Gasteiger partial charge in [-0.05, 0) is 36.1 Å². The molecule has 0 radical (unpaired) electrons. The smallest absolute Gasteiger partial charge is 0.341 e. The Bertz CT molecular complexity index is 870. The highest BCUT2D eigenvalue weighted by molar-refractivity contribution is 5.83. The number of hydrogen-bond donors (Lipinski definition) is 1. The first-order valence-corrected chi connectivity index (χ1v) is 9.01. The topological polar surface area (TPSA) is 85.1 Å². The number of fused-ring (bicyclic) bond motifs is 2. The zero-order valence-corrected chi connectivity index (χ0v) is 14.8. The molecule has 2 heterocycles. The van der Waals surface area contributed by atoms with E-state index < -0.39 is 18.0 Å². The van der Waals surface area contributed by atoms with Crippen LogP contribution in [0.3, 0.4) is 0 Å². The average Bonchev–Trinajstić information content (AvgIpc) is 3.26. The number of nitrogens with zero attached hydrogens (tertiary/aromatic N) is 2. The van der Waals surface area contributed by atoms with Crippen LogP contribution < -0.4 is 15.9 Å². The van der Waals surface area contributed by atoms with Crippen molar-refractivity contribution in [3.8, 4) is 0 Å². The largest absolute Gasteiger partial charge is 0.349 e. The highest BCUT2D eigenvalue weighted by Gasteiger charge is 2.28. The van der Waals surface area contributed by atoms with Gasteiger partial charge in [-0.2, -0.15) is 0 Å². The lowest BCUT2D eigenvalue weighted by molar-refractivity contribution is -0.153. The minimum atomic E-state index is -1.08. The molecule has 0 unspecified atom stereocenters. The van der Waals surface area contributed by atoms with Crippen molar-refractivity contribution in [3.05, 3.63) is 59.7 Å². The molecular formula is C20H21N3O4. The molecule has 7 nitrogen and oxygen atoms in total. The number of nitrogens with two attached hydrogens (primary N) is 1. The van der Waals surface area contributed by atoms with Gasteiger partial charge in [0, 0.05) is 0 Å². The monoisotopic (exact) mass is 367 g/mol. The van der Waals surface area contributed by atoms with Crippen LogP contribution in [0.1, 0.15) is 17.5 Å². The fourth-order valence-electron chi connectivity index (χ4n) is 3.40. The van der Waals surface area contributed by atoms with E-state index in [1.807, 2.05) is 48.5 Å². The minimum Gasteiger partial charge on any atom is -0.341 e. The van der Waals surface area contributed by atoms with Gasteiger partial charge in [0.2, 0.25) is 0 Å². The molecule has 4 rings (SSSR count). The van der Waals surface area contributed by atoms with E-state index in [0.717, 1.165) is 35.3 Å². The quantitative estimate of drug-likeness (QED) is 0.862. The zero-order valence-electron chi connectivity index (χ0n) is 14.8. The molecule has 1 atom stereocenters. The minimum absolute atomic E-state index is 0.243. The molecule has 0 aromatic heterocycles. The van der Waals surface area contributed by atoms with Crippen LogP contribution in [0.4, 0.5) is 11.4 Å². The van der Waals surface area contributed by atoms with Gasteiger partial charge < -0.3 is 15.4 Å². The molecule has 0 fully saturated rings. The van der Waals surface area contributed by atoms with Crippen molar-refractivity contribution >= 4 is 23.3 Å². The van der Waals surface area contributed by atoms with Crippen LogP contribution >= 0.6 is 0 Å². The Labute approximate surface area is 157 Å². The number of hydrogen-bond acceptors (Lipinski definition) is 7. The van der Waals surface area contributed by atoms with Gasteiger partial charge in [-0.3, -0.25) is 0 Å². The van der Waals surface area contributed by atoms with Crippen LogP contribution in [0.2, 0.25) is 0 Å². The SMILES string of the molecule is N[C@@H](CC(=O)ON1CCc2ccccc21)C(=O)ON1CCc2ccccc21. The van der Waals surface area contributed by atoms with Gasteiger partial charge in [-0.1, -0.05) is 36.4 Å². The summed E-state index contributed by atoms with van der Waals surface area (Å²) in [5.41, 5.74) is 9.83. The van der Waals surface area contributed by atoms with E-state index in [4.69, 9.17) is 15.4 Å². The van der Waals surface area contributed by atoms with Crippen LogP contribution in [0.5, 0.6) is 0 Å². The lowest BCUT2D eigenvalue weighted by atomic mass is 10.2. The van der Waals surface area contributed by atoms with Gasteiger partial charge in [0.25, 0.3) is 0 Å². The number of carbonyl (C=O) groups is 2. The fraction of sp³-hybridized carbons (Fsp3) is 0.300. The fourth-order valence-corrected chi connectivity index (χ4v) is 3.40. The Morgan fingerprint density at radius 3 is 2.00 bits per heavy atom. The molecule has 7 heteroatoms. The van der Waals surface area contributed by atoms with Crippen molar-refractivity contribution in [3.63, 3.8) is 0 Å². The van der Waals surface area contributed by atoms with E-state index in [0.29, 0.717) is 13.1 Å². The Hall–Kier alpha value is -3.06. The highest BCUT2D eigenvalue weighted by atomic mass is 16.7. The lowest BCUT2D eigenvalue weighted by Gasteiger charge is -2.21. The predicted molar refractivity (Wildman–Crippen MR) is 99.8 cm³/mol. The van der Waals surface area contributed by atoms with Crippen molar-refractivity contribution in [1.29, 1.82) is 0 Å². The van der Waals surface area contributed by atoms with Crippen LogP contribution in [0.25, 0.3) is 0 Å². The maximum Gasteiger partial charge on any atom is 0.349 e. The van der Waals surface area contributed by atoms with Crippen LogP contribution in [-0.4, -0.2) is 31.1 Å². The Morgan fingerprint density at radius 1 is 0.889 bits per heavy atom. The lowest BCUT2D eigenvalue weighted by Crippen LogP contribution is -2.40. The molecule has 0 spiro atoms. The third-order valence-corrected chi connectivity index (χ3v) is 4.79. The van der Waals surface area contributed by atoms with E-state index in [2.05, 4.69) is 0 Å². The molecule has 27 heavy (non-hydrogen) atoms. The Morgan fingerprint density at radius 2 is 1.41 bits per heavy atom. The van der Waals surface area contributed by atoms with Crippen molar-refractivity contribution in [2.75, 3.05) is 23.2 Å². The highest BCUT2D eigenvalue weighted by Crippen LogP contribution is 2.29. The third kappa shape index (κ3) is 3.59. The second-order valence-electron chi connectivity index (χ2n) is 6.65. The van der Waals surface area contributed by atoms with Gasteiger partial charge in [0.05, 0.1) is 30.9 Å². The summed E-state index contributed by atoms with van der Waals surface area (Å²) in [4.78, 5) is 35.2. The molecular weight excluding hydrogens is 346 g/mol. The zero-order chi connectivity index (χ0) is 18.8. The summed E-state index contributed by atoms with van der Waals surface area (Å²) in [6, 6.07) is 14.4. The second-order valence-corrected chi connectivity index (χ2v) is 6.65. The predicted octanol–water partition coefficient (Wildman–Crippen LogP) is 1.75. The van der Waals surface area contributed by atoms with Crippen LogP contribution in [-0.2, 0) is 32.1 Å². The number of anilines is 2. The Balaban J connectivity index is 1.31. The van der Waals surface area contributed by atoms with E-state index in [9.17, 15) is 9.59 Å². The van der Waals surface area contributed by atoms with E-state index in [-0.39, 0.29) is 6.42 Å². The first-order valence-electron chi connectivity index (χ1n) is 9.01. The Kier molecular flexibility index (Phi) is 4.68. The van der Waals surface area contributed by atoms with Gasteiger partial charge in [-0.15, -0.1) is 0 Å². The van der Waals surface area contributed by atoms with Crippen molar-refractivity contribution in [1.82, 2.24) is 0 Å². The summed E-state index contributed by atoms with van der Waals surface area (Å²) in [5, 5.41) is 3.08. The van der Waals surface area contributed by atoms with Gasteiger partial charge in [0.15, 0.2) is 0 Å². The van der Waals surface area contributed by atoms with Crippen molar-refractivity contribution < 1.29 is 19.3 Å². The summed E-state index contributed by atoms with van der Waals surface area (Å²) in [5.74, 6) is -1.21. The number of rotatable bonds is 5. The third-order valence-electron chi connectivity index (χ3n) is 4.79. The maximum atomic E-state index is 12.3. The standard InChI is InChI=1S/C20H21N3O4/c21-16(20(25)27-23-12-10-15-6-2-4-8-18(15)23)13-19(24)26-22-11-9-14-5-1-3-7-17(14)22/h1-8,16H,9-13,21H2/t16-/m0/s1. The summed E-state index contributed by atoms with van der Waals surface area (Å²) in [6.45, 7) is 1.17. The van der Waals surface area contributed by atoms with Crippen LogP contribution in [0.15, 0.2) is 48.5 Å². The summed E-state index contributed by atoms with van der Waals surface area (Å²) in [6.07, 6.45) is 1.37. The number of para-hydroxylation sites is 2. The first kappa shape index (κ1) is 17.4. The molecule has 2 aliphatic rings. The number of hydroxylamine groups is 2. The number of carbonyl (C=O) groups excluding carboxylic acids is 2. The van der Waals surface area contributed by atoms with Gasteiger partial charge in [0.1, 0.15) is 6.04 Å². The second kappa shape index (κ2) is 7.28. The van der Waals surface area contributed by atoms with Crippen LogP contribution in [0, 0.1) is 0 Å². The number of benzene rings is 2. The summed E-state index contributed by atoms with van der Waals surface area (Å²) < 4.78 is 0. The molecule has 2 aromatic rings. The van der Waals surface area contributed by atoms with Crippen molar-refractivity contribution in [2.24, 2.45) is 5.73 Å². The molecule has 0 saturated heterocycles. The van der Waals surface area contributed by atoms with E-state index in [1.54, 1.807) is 5.06 Å². The molecule has 2 N–H and O–H groups in total. The molecule has 0 bridgehead atoms. The normalized spacial score (nSPS) is 15.9. The molecule has 0 aliphatic carbocycles. The molecule has 2 aliphatic heterocycles. The molecule has 2 aromatic carbocycles. The van der Waals surface area contributed by atoms with Gasteiger partial charge >= 0.3 is 11.9 Å². The van der Waals surface area contributed by atoms with Gasteiger partial charge in [-0.25, -0.2) is 19.7 Å². The van der Waals surface area contributed by atoms with E-state index in [1.165, 1.54) is 5.06 Å². The summed E-state index contributed by atoms with van der Waals surface area (Å²) in [7, 11) is 0. The maximum absolute atomic E-state index is 12.3. The van der Waals surface area contributed by atoms with Crippen molar-refractivity contribution in [2.45, 2.75) is 25.3 Å². The first-order chi connectivity index (χ1) is 13.1. The summed E-state index contributed by atoms with van der Waals surface area (Å²) >= 11 is 0. The van der Waals surface area contributed by atoms with E-state index >= 15 is 0 Å². The molecule has 140 valence electrons. The molecule has 0 saturated carbocycles. The molecule has 0 amide bonds. The average molecular weight is 367 g/mol.